The average molecular weight is 134 g/mol. The van der Waals surface area contributed by atoms with E-state index in [1.807, 2.05) is 18.2 Å². The molecular weight excluding hydrogens is 122 g/mol. The molecule has 0 atom stereocenters. The Bertz CT molecular complexity index is 216. The van der Waals surface area contributed by atoms with Gasteiger partial charge in [0.25, 0.3) is 0 Å². The summed E-state index contributed by atoms with van der Waals surface area (Å²) in [5.74, 6) is 1.30. The first-order valence-electron chi connectivity index (χ1n) is 3.36. The number of hydrogen-bond acceptors (Lipinski definition) is 1. The van der Waals surface area contributed by atoms with E-state index < -0.39 is 0 Å². The van der Waals surface area contributed by atoms with Crippen LogP contribution in [0.4, 0.5) is 5.69 Å². The molecule has 1 rings (SSSR count). The average Bonchev–Trinajstić information content (AvgIpc) is 1.88. The summed E-state index contributed by atoms with van der Waals surface area (Å²) in [4.78, 5) is 0. The summed E-state index contributed by atoms with van der Waals surface area (Å²) in [5, 5.41) is 0. The number of nitrogen functional groups attached to an aromatic ring is 1. The van der Waals surface area contributed by atoms with Gasteiger partial charge < -0.3 is 5.73 Å². The van der Waals surface area contributed by atoms with Gasteiger partial charge in [-0.3, -0.25) is 0 Å². The zero-order valence-corrected chi connectivity index (χ0v) is 6.39. The summed E-state index contributed by atoms with van der Waals surface area (Å²) in [7, 11) is 0. The smallest absolute Gasteiger partial charge is 0.134 e. The largest absolute Gasteiger partial charge is 0.388 e. The fraction of sp³-hybridized carbons (Fsp3) is 0.222. The molecule has 1 aromatic carbocycles. The van der Waals surface area contributed by atoms with Crippen LogP contribution in [0.1, 0.15) is 19.4 Å². The van der Waals surface area contributed by atoms with Crippen molar-refractivity contribution in [1.29, 1.82) is 0 Å². The molecule has 0 heterocycles. The molecule has 0 saturated carbocycles. The van der Waals surface area contributed by atoms with Crippen LogP contribution in [-0.2, 0) is 0 Å². The molecule has 0 spiro atoms. The van der Waals surface area contributed by atoms with Crippen molar-refractivity contribution in [1.82, 2.24) is 0 Å². The molecule has 1 heteroatoms. The van der Waals surface area contributed by atoms with E-state index in [9.17, 15) is 0 Å². The second-order valence-electron chi connectivity index (χ2n) is 2.63. The Labute approximate surface area is 61.9 Å². The summed E-state index contributed by atoms with van der Waals surface area (Å²) >= 11 is 0. The highest BCUT2D eigenvalue weighted by Gasteiger charge is 2.06. The second kappa shape index (κ2) is 2.65. The van der Waals surface area contributed by atoms with Crippen LogP contribution >= 0.6 is 0 Å². The molecule has 1 nitrogen and oxygen atoms in total. The molecule has 0 aliphatic carbocycles. The third-order valence-corrected chi connectivity index (χ3v) is 1.46. The molecular formula is C9H12N+. The van der Waals surface area contributed by atoms with E-state index in [0.29, 0.717) is 0 Å². The number of benzene rings is 1. The van der Waals surface area contributed by atoms with E-state index >= 15 is 0 Å². The van der Waals surface area contributed by atoms with Gasteiger partial charge in [0.05, 0.1) is 11.8 Å². The van der Waals surface area contributed by atoms with Crippen LogP contribution in [0.2, 0.25) is 0 Å². The third kappa shape index (κ3) is 1.44. The highest BCUT2D eigenvalue weighted by molar-refractivity contribution is 5.44. The maximum atomic E-state index is 5.58. The minimum Gasteiger partial charge on any atom is -0.388 e. The molecule has 0 saturated heterocycles. The Morgan fingerprint density at radius 3 is 2.40 bits per heavy atom. The topological polar surface area (TPSA) is 26.0 Å². The van der Waals surface area contributed by atoms with Gasteiger partial charge in [0, 0.05) is 25.8 Å². The molecule has 1 aromatic rings. The summed E-state index contributed by atoms with van der Waals surface area (Å²) in [5.41, 5.74) is 7.64. The Morgan fingerprint density at radius 1 is 1.30 bits per heavy atom. The van der Waals surface area contributed by atoms with E-state index in [0.717, 1.165) is 5.69 Å². The van der Waals surface area contributed by atoms with E-state index in [2.05, 4.69) is 19.9 Å². The summed E-state index contributed by atoms with van der Waals surface area (Å²) in [6.07, 6.45) is 0. The molecule has 0 aliphatic heterocycles. The van der Waals surface area contributed by atoms with Gasteiger partial charge in [-0.15, -0.1) is 0 Å². The molecule has 0 amide bonds. The third-order valence-electron chi connectivity index (χ3n) is 1.46. The lowest BCUT2D eigenvalue weighted by Crippen LogP contribution is -1.90. The van der Waals surface area contributed by atoms with Gasteiger partial charge in [0.1, 0.15) is 5.56 Å². The van der Waals surface area contributed by atoms with Crippen LogP contribution in [0.5, 0.6) is 0 Å². The highest BCUT2D eigenvalue weighted by atomic mass is 14.5. The zero-order valence-electron chi connectivity index (χ0n) is 6.39. The van der Waals surface area contributed by atoms with Crippen LogP contribution in [-0.4, -0.2) is 0 Å². The van der Waals surface area contributed by atoms with Crippen LogP contribution in [0, 0.1) is 5.92 Å². The zero-order chi connectivity index (χ0) is 7.56. The Kier molecular flexibility index (Phi) is 1.86. The molecule has 0 fully saturated rings. The van der Waals surface area contributed by atoms with Gasteiger partial charge in [-0.25, -0.2) is 0 Å². The SMILES string of the molecule is C[C+](C)c1cccc(N)c1. The van der Waals surface area contributed by atoms with Gasteiger partial charge >= 0.3 is 0 Å². The van der Waals surface area contributed by atoms with Crippen molar-refractivity contribution in [2.24, 2.45) is 0 Å². The maximum absolute atomic E-state index is 5.58. The predicted molar refractivity (Wildman–Crippen MR) is 44.5 cm³/mol. The molecule has 2 N–H and O–H groups in total. The Balaban J connectivity index is 2.96. The van der Waals surface area contributed by atoms with E-state index in [4.69, 9.17) is 5.73 Å². The summed E-state index contributed by atoms with van der Waals surface area (Å²) in [6, 6.07) is 7.91. The minimum absolute atomic E-state index is 0.832. The highest BCUT2D eigenvalue weighted by Crippen LogP contribution is 2.15. The van der Waals surface area contributed by atoms with E-state index in [1.54, 1.807) is 0 Å². The monoisotopic (exact) mass is 134 g/mol. The quantitative estimate of drug-likeness (QED) is 0.462. The van der Waals surface area contributed by atoms with E-state index in [-0.39, 0.29) is 0 Å². The lowest BCUT2D eigenvalue weighted by Gasteiger charge is -1.95. The van der Waals surface area contributed by atoms with Crippen molar-refractivity contribution in [3.63, 3.8) is 0 Å². The van der Waals surface area contributed by atoms with Crippen molar-refractivity contribution < 1.29 is 0 Å². The van der Waals surface area contributed by atoms with Crippen molar-refractivity contribution in [3.8, 4) is 0 Å². The fourth-order valence-corrected chi connectivity index (χ4v) is 0.850. The first kappa shape index (κ1) is 7.00. The molecule has 0 aliphatic rings. The molecule has 10 heavy (non-hydrogen) atoms. The van der Waals surface area contributed by atoms with Gasteiger partial charge in [-0.2, -0.15) is 0 Å². The lowest BCUT2D eigenvalue weighted by molar-refractivity contribution is 1.15. The minimum atomic E-state index is 0.832. The first-order chi connectivity index (χ1) is 4.70. The number of nitrogens with two attached hydrogens (primary N) is 1. The van der Waals surface area contributed by atoms with Gasteiger partial charge in [-0.05, 0) is 12.1 Å². The first-order valence-corrected chi connectivity index (χ1v) is 3.36. The van der Waals surface area contributed by atoms with E-state index in [1.165, 1.54) is 11.5 Å². The number of hydrogen-bond donors (Lipinski definition) is 1. The van der Waals surface area contributed by atoms with Crippen LogP contribution < -0.4 is 5.73 Å². The molecule has 0 aromatic heterocycles. The summed E-state index contributed by atoms with van der Waals surface area (Å²) < 4.78 is 0. The fourth-order valence-electron chi connectivity index (χ4n) is 0.850. The Morgan fingerprint density at radius 2 is 2.00 bits per heavy atom. The summed E-state index contributed by atoms with van der Waals surface area (Å²) in [6.45, 7) is 4.16. The van der Waals surface area contributed by atoms with Crippen LogP contribution in [0.15, 0.2) is 24.3 Å². The molecule has 52 valence electrons. The standard InChI is InChI=1S/C9H12N/c1-7(2)8-4-3-5-9(10)6-8/h3-6H,10H2,1-2H3/q+1. The second-order valence-corrected chi connectivity index (χ2v) is 2.63. The van der Waals surface area contributed by atoms with Crippen molar-refractivity contribution in [2.75, 3.05) is 5.73 Å². The Hall–Kier alpha value is -1.11. The molecule has 0 radical (unpaired) electrons. The van der Waals surface area contributed by atoms with Crippen molar-refractivity contribution in [3.05, 3.63) is 35.7 Å². The van der Waals surface area contributed by atoms with Gasteiger partial charge in [0.15, 0.2) is 0 Å². The predicted octanol–water partition coefficient (Wildman–Crippen LogP) is 2.23. The van der Waals surface area contributed by atoms with Crippen LogP contribution in [0.25, 0.3) is 0 Å². The molecule has 0 bridgehead atoms. The normalized spacial score (nSPS) is 9.40. The van der Waals surface area contributed by atoms with Crippen molar-refractivity contribution >= 4 is 5.69 Å². The molecule has 0 unspecified atom stereocenters. The maximum Gasteiger partial charge on any atom is 0.134 e. The number of anilines is 1. The van der Waals surface area contributed by atoms with Crippen LogP contribution in [0.3, 0.4) is 0 Å². The lowest BCUT2D eigenvalue weighted by atomic mass is 10.0. The van der Waals surface area contributed by atoms with Gasteiger partial charge in [-0.1, -0.05) is 0 Å². The van der Waals surface area contributed by atoms with Crippen molar-refractivity contribution in [2.45, 2.75) is 13.8 Å². The number of rotatable bonds is 1. The van der Waals surface area contributed by atoms with Gasteiger partial charge in [0.2, 0.25) is 0 Å².